The Kier molecular flexibility index (Phi) is 5.69. The summed E-state index contributed by atoms with van der Waals surface area (Å²) in [4.78, 5) is 19.4. The number of aliphatic hydroxyl groups excluding tert-OH is 1. The van der Waals surface area contributed by atoms with E-state index < -0.39 is 26.4 Å². The van der Waals surface area contributed by atoms with Gasteiger partial charge in [0.15, 0.2) is 18.1 Å². The van der Waals surface area contributed by atoms with E-state index >= 15 is 0 Å². The van der Waals surface area contributed by atoms with Gasteiger partial charge < -0.3 is 24.4 Å². The summed E-state index contributed by atoms with van der Waals surface area (Å²) >= 11 is 0. The number of hydrogen-bond acceptors (Lipinski definition) is 6. The van der Waals surface area contributed by atoms with Crippen molar-refractivity contribution in [1.29, 1.82) is 0 Å². The highest BCUT2D eigenvalue weighted by Crippen LogP contribution is 2.44. The maximum atomic E-state index is 10.9. The van der Waals surface area contributed by atoms with Gasteiger partial charge in [-0.1, -0.05) is 0 Å². The minimum absolute atomic E-state index is 0.0292. The minimum atomic E-state index is -2.84. The van der Waals surface area contributed by atoms with Gasteiger partial charge in [0, 0.05) is 5.56 Å². The fraction of sp³-hybridized carbons (Fsp3) is 0.364. The highest BCUT2D eigenvalue weighted by molar-refractivity contribution is 7.38. The van der Waals surface area contributed by atoms with E-state index in [0.717, 1.165) is 0 Å². The zero-order valence-corrected chi connectivity index (χ0v) is 11.7. The van der Waals surface area contributed by atoms with Crippen molar-refractivity contribution in [2.75, 3.05) is 20.8 Å². The molecule has 9 heteroatoms. The number of carboxylic acid groups (broad SMARTS) is 1. The first-order valence-corrected chi connectivity index (χ1v) is 6.62. The SMILES string of the molecule is COc1cc(C(O)[P+](=O)O)cc(OC)c1OCC(=O)O. The Balaban J connectivity index is 3.24. The number of benzene rings is 1. The lowest BCUT2D eigenvalue weighted by Crippen LogP contribution is -2.11. The Morgan fingerprint density at radius 2 is 1.80 bits per heavy atom. The van der Waals surface area contributed by atoms with Crippen LogP contribution in [0.5, 0.6) is 17.2 Å². The number of carboxylic acids is 1. The number of rotatable bonds is 7. The van der Waals surface area contributed by atoms with Crippen LogP contribution in [0.4, 0.5) is 0 Å². The van der Waals surface area contributed by atoms with Gasteiger partial charge in [0.1, 0.15) is 0 Å². The molecule has 0 spiro atoms. The largest absolute Gasteiger partial charge is 0.542 e. The molecule has 0 aliphatic heterocycles. The number of methoxy groups -OCH3 is 2. The van der Waals surface area contributed by atoms with E-state index in [0.29, 0.717) is 0 Å². The van der Waals surface area contributed by atoms with E-state index in [1.54, 1.807) is 0 Å². The predicted molar refractivity (Wildman–Crippen MR) is 67.5 cm³/mol. The van der Waals surface area contributed by atoms with Crippen LogP contribution in [0.15, 0.2) is 12.1 Å². The monoisotopic (exact) mass is 305 g/mol. The molecular weight excluding hydrogens is 291 g/mol. The summed E-state index contributed by atoms with van der Waals surface area (Å²) in [6.45, 7) is -0.608. The topological polar surface area (TPSA) is 123 Å². The lowest BCUT2D eigenvalue weighted by Gasteiger charge is -2.14. The normalized spacial score (nSPS) is 12.5. The summed E-state index contributed by atoms with van der Waals surface area (Å²) in [5.74, 6) is -2.60. The second-order valence-corrected chi connectivity index (χ2v) is 4.71. The Bertz CT molecular complexity index is 490. The molecule has 0 bridgehead atoms. The third kappa shape index (κ3) is 3.80. The molecule has 0 aliphatic carbocycles. The third-order valence-electron chi connectivity index (χ3n) is 2.33. The molecule has 0 radical (unpaired) electrons. The highest BCUT2D eigenvalue weighted by Gasteiger charge is 2.30. The first kappa shape index (κ1) is 16.2. The molecule has 1 rings (SSSR count). The first-order valence-electron chi connectivity index (χ1n) is 5.34. The molecule has 0 heterocycles. The van der Waals surface area contributed by atoms with Gasteiger partial charge in [-0.15, -0.1) is 0 Å². The molecule has 20 heavy (non-hydrogen) atoms. The molecule has 2 unspecified atom stereocenters. The molecule has 2 atom stereocenters. The van der Waals surface area contributed by atoms with E-state index in [1.165, 1.54) is 26.4 Å². The first-order chi connectivity index (χ1) is 9.40. The third-order valence-corrected chi connectivity index (χ3v) is 3.05. The molecule has 8 nitrogen and oxygen atoms in total. The highest BCUT2D eigenvalue weighted by atomic mass is 31.1. The summed E-state index contributed by atoms with van der Waals surface area (Å²) in [5.41, 5.74) is 0.0880. The lowest BCUT2D eigenvalue weighted by molar-refractivity contribution is -0.139. The Hall–Kier alpha value is -1.89. The van der Waals surface area contributed by atoms with Crippen LogP contribution in [0, 0.1) is 0 Å². The molecule has 0 amide bonds. The van der Waals surface area contributed by atoms with Gasteiger partial charge in [-0.3, -0.25) is 0 Å². The summed E-state index contributed by atoms with van der Waals surface area (Å²) in [5, 5.41) is 18.2. The maximum absolute atomic E-state index is 10.9. The van der Waals surface area contributed by atoms with Crippen LogP contribution in [-0.4, -0.2) is 41.9 Å². The average molecular weight is 305 g/mol. The Morgan fingerprint density at radius 3 is 2.15 bits per heavy atom. The quantitative estimate of drug-likeness (QED) is 0.635. The minimum Gasteiger partial charge on any atom is -0.493 e. The van der Waals surface area contributed by atoms with Crippen LogP contribution >= 0.6 is 8.03 Å². The maximum Gasteiger partial charge on any atom is 0.542 e. The van der Waals surface area contributed by atoms with Gasteiger partial charge in [-0.2, -0.15) is 4.89 Å². The van der Waals surface area contributed by atoms with Gasteiger partial charge in [0.05, 0.1) is 14.2 Å². The second-order valence-electron chi connectivity index (χ2n) is 3.61. The van der Waals surface area contributed by atoms with E-state index in [2.05, 4.69) is 0 Å². The fourth-order valence-electron chi connectivity index (χ4n) is 1.45. The van der Waals surface area contributed by atoms with Crippen LogP contribution in [0.2, 0.25) is 0 Å². The Morgan fingerprint density at radius 1 is 1.30 bits per heavy atom. The van der Waals surface area contributed by atoms with Crippen molar-refractivity contribution in [3.8, 4) is 17.2 Å². The molecule has 0 aliphatic rings. The molecule has 0 aromatic heterocycles. The van der Waals surface area contributed by atoms with Gasteiger partial charge >= 0.3 is 19.8 Å². The average Bonchev–Trinajstić information content (AvgIpc) is 2.42. The number of ether oxygens (including phenoxy) is 3. The van der Waals surface area contributed by atoms with Crippen molar-refractivity contribution in [2.24, 2.45) is 0 Å². The van der Waals surface area contributed by atoms with E-state index in [4.69, 9.17) is 24.2 Å². The summed E-state index contributed by atoms with van der Waals surface area (Å²) in [6, 6.07) is 2.54. The standard InChI is InChI=1S/C11H13O8P/c1-17-7-3-6(11(14)20(15)16)4-8(18-2)10(7)19-5-9(12)13/h3-4,11,14H,5H2,1-2H3,(H-,12,13,15,16)/p+1. The number of hydrogen-bond donors (Lipinski definition) is 3. The molecular formula is C11H14O8P+. The molecule has 3 N–H and O–H groups in total. The summed E-state index contributed by atoms with van der Waals surface area (Å²) in [6.07, 6.45) is 0. The number of aliphatic hydroxyl groups is 1. The lowest BCUT2D eigenvalue weighted by atomic mass is 10.2. The molecule has 0 fully saturated rings. The van der Waals surface area contributed by atoms with Crippen LogP contribution in [-0.2, 0) is 9.36 Å². The molecule has 0 saturated heterocycles. The number of aliphatic carboxylic acids is 1. The van der Waals surface area contributed by atoms with Crippen molar-refractivity contribution < 1.29 is 38.7 Å². The summed E-state index contributed by atoms with van der Waals surface area (Å²) in [7, 11) is -0.235. The smallest absolute Gasteiger partial charge is 0.493 e. The van der Waals surface area contributed by atoms with Gasteiger partial charge in [-0.05, 0) is 16.7 Å². The van der Waals surface area contributed by atoms with Crippen LogP contribution < -0.4 is 14.2 Å². The van der Waals surface area contributed by atoms with Gasteiger partial charge in [0.2, 0.25) is 5.75 Å². The van der Waals surface area contributed by atoms with Crippen molar-refractivity contribution in [3.05, 3.63) is 17.7 Å². The van der Waals surface area contributed by atoms with E-state index in [9.17, 15) is 14.5 Å². The van der Waals surface area contributed by atoms with Crippen LogP contribution in [0.25, 0.3) is 0 Å². The second kappa shape index (κ2) is 7.04. The van der Waals surface area contributed by atoms with Crippen LogP contribution in [0.1, 0.15) is 11.4 Å². The summed E-state index contributed by atoms with van der Waals surface area (Å²) < 4.78 is 26.0. The molecule has 110 valence electrons. The van der Waals surface area contributed by atoms with Crippen molar-refractivity contribution in [2.45, 2.75) is 5.85 Å². The molecule has 1 aromatic rings. The zero-order chi connectivity index (χ0) is 15.3. The Labute approximate surface area is 115 Å². The van der Waals surface area contributed by atoms with E-state index in [1.807, 2.05) is 0 Å². The molecule has 1 aromatic carbocycles. The fourth-order valence-corrected chi connectivity index (χ4v) is 1.86. The predicted octanol–water partition coefficient (Wildman–Crippen LogP) is 0.893. The van der Waals surface area contributed by atoms with Crippen molar-refractivity contribution in [3.63, 3.8) is 0 Å². The number of carbonyl (C=O) groups is 1. The van der Waals surface area contributed by atoms with E-state index in [-0.39, 0.29) is 22.8 Å². The van der Waals surface area contributed by atoms with Crippen molar-refractivity contribution >= 4 is 14.0 Å². The van der Waals surface area contributed by atoms with Gasteiger partial charge in [0.25, 0.3) is 0 Å². The molecule has 0 saturated carbocycles. The zero-order valence-electron chi connectivity index (χ0n) is 10.8. The van der Waals surface area contributed by atoms with Gasteiger partial charge in [-0.25, -0.2) is 4.79 Å². The van der Waals surface area contributed by atoms with Crippen LogP contribution in [0.3, 0.4) is 0 Å². The van der Waals surface area contributed by atoms with Crippen molar-refractivity contribution in [1.82, 2.24) is 0 Å².